The molecule has 2 N–H and O–H groups in total. The summed E-state index contributed by atoms with van der Waals surface area (Å²) < 4.78 is 7.19. The summed E-state index contributed by atoms with van der Waals surface area (Å²) in [5, 5.41) is 12.8. The van der Waals surface area contributed by atoms with Crippen molar-refractivity contribution in [1.82, 2.24) is 14.8 Å². The van der Waals surface area contributed by atoms with Crippen LogP contribution in [0.3, 0.4) is 0 Å². The molecule has 4 aromatic rings. The van der Waals surface area contributed by atoms with Crippen LogP contribution in [-0.4, -0.2) is 33.2 Å². The van der Waals surface area contributed by atoms with E-state index in [4.69, 9.17) is 9.72 Å². The molecule has 31 heavy (non-hydrogen) atoms. The van der Waals surface area contributed by atoms with Crippen LogP contribution in [0.5, 0.6) is 5.75 Å². The monoisotopic (exact) mass is 433 g/mol. The number of anilines is 2. The van der Waals surface area contributed by atoms with E-state index in [1.54, 1.807) is 41.8 Å². The third kappa shape index (κ3) is 3.53. The summed E-state index contributed by atoms with van der Waals surface area (Å²) >= 11 is 1.56. The Morgan fingerprint density at radius 3 is 2.94 bits per heavy atom. The summed E-state index contributed by atoms with van der Waals surface area (Å²) in [7, 11) is 0. The standard InChI is InChI=1S/C22H19N5O3S/c1-12(2)27-21-15(10-23-27)14(9-17(26-21)19-4-3-7-31-19)22(29)24-13-5-6-18-16(8-13)25-20(28)11-30-18/h3-10,12H,11H2,1-2H3,(H,24,29)(H,25,28). The highest BCUT2D eigenvalue weighted by Crippen LogP contribution is 2.32. The Balaban J connectivity index is 1.55. The van der Waals surface area contributed by atoms with E-state index in [1.807, 2.05) is 36.0 Å². The third-order valence-electron chi connectivity index (χ3n) is 4.94. The molecule has 0 fully saturated rings. The van der Waals surface area contributed by atoms with Gasteiger partial charge in [0.1, 0.15) is 5.75 Å². The number of hydrogen-bond acceptors (Lipinski definition) is 6. The van der Waals surface area contributed by atoms with Gasteiger partial charge in [-0.05, 0) is 49.6 Å². The van der Waals surface area contributed by atoms with Crippen molar-refractivity contribution in [3.63, 3.8) is 0 Å². The summed E-state index contributed by atoms with van der Waals surface area (Å²) in [6.07, 6.45) is 1.68. The predicted molar refractivity (Wildman–Crippen MR) is 120 cm³/mol. The largest absolute Gasteiger partial charge is 0.482 e. The van der Waals surface area contributed by atoms with Gasteiger partial charge in [-0.3, -0.25) is 9.59 Å². The lowest BCUT2D eigenvalue weighted by Crippen LogP contribution is -2.25. The van der Waals surface area contributed by atoms with Gasteiger partial charge in [-0.1, -0.05) is 6.07 Å². The second-order valence-electron chi connectivity index (χ2n) is 7.45. The van der Waals surface area contributed by atoms with Crippen LogP contribution in [0.4, 0.5) is 11.4 Å². The van der Waals surface area contributed by atoms with Crippen LogP contribution in [0.1, 0.15) is 30.2 Å². The Morgan fingerprint density at radius 2 is 2.16 bits per heavy atom. The number of amides is 2. The fourth-order valence-corrected chi connectivity index (χ4v) is 4.18. The van der Waals surface area contributed by atoms with Gasteiger partial charge in [0.05, 0.1) is 33.4 Å². The molecule has 0 spiro atoms. The van der Waals surface area contributed by atoms with Crippen molar-refractivity contribution in [3.8, 4) is 16.3 Å². The van der Waals surface area contributed by atoms with Crippen molar-refractivity contribution < 1.29 is 14.3 Å². The minimum atomic E-state index is -0.281. The van der Waals surface area contributed by atoms with Gasteiger partial charge in [-0.15, -0.1) is 11.3 Å². The number of ether oxygens (including phenoxy) is 1. The summed E-state index contributed by atoms with van der Waals surface area (Å²) in [6, 6.07) is 11.0. The molecule has 0 atom stereocenters. The zero-order chi connectivity index (χ0) is 21.5. The molecule has 156 valence electrons. The maximum atomic E-state index is 13.3. The third-order valence-corrected chi connectivity index (χ3v) is 5.84. The highest BCUT2D eigenvalue weighted by Gasteiger charge is 2.20. The molecule has 1 aliphatic heterocycles. The zero-order valence-corrected chi connectivity index (χ0v) is 17.7. The lowest BCUT2D eigenvalue weighted by Gasteiger charge is -2.18. The maximum absolute atomic E-state index is 13.3. The predicted octanol–water partition coefficient (Wildman–Crippen LogP) is 4.32. The zero-order valence-electron chi connectivity index (χ0n) is 16.9. The highest BCUT2D eigenvalue weighted by molar-refractivity contribution is 7.13. The fraction of sp³-hybridized carbons (Fsp3) is 0.182. The van der Waals surface area contributed by atoms with Crippen molar-refractivity contribution >= 4 is 45.6 Å². The average molecular weight is 433 g/mol. The fourth-order valence-electron chi connectivity index (χ4n) is 3.49. The number of hydrogen-bond donors (Lipinski definition) is 2. The van der Waals surface area contributed by atoms with Crippen LogP contribution in [0, 0.1) is 0 Å². The number of carbonyl (C=O) groups is 2. The van der Waals surface area contributed by atoms with Gasteiger partial charge < -0.3 is 15.4 Å². The Bertz CT molecular complexity index is 1310. The van der Waals surface area contributed by atoms with Crippen molar-refractivity contribution in [1.29, 1.82) is 0 Å². The first-order valence-electron chi connectivity index (χ1n) is 9.80. The number of benzene rings is 1. The number of nitrogens with one attached hydrogen (secondary N) is 2. The van der Waals surface area contributed by atoms with E-state index in [-0.39, 0.29) is 24.5 Å². The molecule has 0 bridgehead atoms. The number of fused-ring (bicyclic) bond motifs is 2. The van der Waals surface area contributed by atoms with E-state index in [0.717, 1.165) is 10.6 Å². The normalized spacial score (nSPS) is 13.1. The number of aromatic nitrogens is 3. The first-order chi connectivity index (χ1) is 15.0. The van der Waals surface area contributed by atoms with Crippen LogP contribution in [0.2, 0.25) is 0 Å². The van der Waals surface area contributed by atoms with Crippen molar-refractivity contribution in [2.24, 2.45) is 0 Å². The second-order valence-corrected chi connectivity index (χ2v) is 8.40. The summed E-state index contributed by atoms with van der Waals surface area (Å²) in [4.78, 5) is 30.6. The van der Waals surface area contributed by atoms with Gasteiger partial charge in [0.2, 0.25) is 0 Å². The topological polar surface area (TPSA) is 98.1 Å². The molecule has 0 saturated carbocycles. The first-order valence-corrected chi connectivity index (χ1v) is 10.7. The minimum Gasteiger partial charge on any atom is -0.482 e. The van der Waals surface area contributed by atoms with E-state index in [1.165, 1.54) is 0 Å². The number of pyridine rings is 1. The number of carbonyl (C=O) groups excluding carboxylic acids is 2. The van der Waals surface area contributed by atoms with Gasteiger partial charge in [-0.2, -0.15) is 5.10 Å². The molecule has 9 heteroatoms. The molecule has 1 aliphatic rings. The van der Waals surface area contributed by atoms with Gasteiger partial charge >= 0.3 is 0 Å². The van der Waals surface area contributed by atoms with Crippen LogP contribution in [0.15, 0.2) is 48.0 Å². The lowest BCUT2D eigenvalue weighted by atomic mass is 10.1. The number of thiophene rings is 1. The molecule has 0 saturated heterocycles. The van der Waals surface area contributed by atoms with Crippen LogP contribution >= 0.6 is 11.3 Å². The molecule has 1 aromatic carbocycles. The lowest BCUT2D eigenvalue weighted by molar-refractivity contribution is -0.118. The van der Waals surface area contributed by atoms with Gasteiger partial charge in [0.25, 0.3) is 11.8 Å². The molecule has 4 heterocycles. The molecular formula is C22H19N5O3S. The molecule has 2 amide bonds. The molecule has 0 radical (unpaired) electrons. The Morgan fingerprint density at radius 1 is 1.29 bits per heavy atom. The van der Waals surface area contributed by atoms with Crippen LogP contribution in [0.25, 0.3) is 21.6 Å². The molecule has 3 aromatic heterocycles. The summed E-state index contributed by atoms with van der Waals surface area (Å²) in [6.45, 7) is 4.03. The molecule has 8 nitrogen and oxygen atoms in total. The van der Waals surface area contributed by atoms with Gasteiger partial charge in [-0.25, -0.2) is 9.67 Å². The average Bonchev–Trinajstić information content (AvgIpc) is 3.42. The van der Waals surface area contributed by atoms with E-state index in [9.17, 15) is 9.59 Å². The first kappa shape index (κ1) is 19.3. The quantitative estimate of drug-likeness (QED) is 0.499. The van der Waals surface area contributed by atoms with E-state index in [2.05, 4.69) is 15.7 Å². The second kappa shape index (κ2) is 7.51. The number of rotatable bonds is 4. The van der Waals surface area contributed by atoms with Gasteiger partial charge in [0, 0.05) is 11.7 Å². The molecule has 0 aliphatic carbocycles. The Kier molecular flexibility index (Phi) is 4.67. The highest BCUT2D eigenvalue weighted by atomic mass is 32.1. The molecule has 0 unspecified atom stereocenters. The Hall–Kier alpha value is -3.72. The minimum absolute atomic E-state index is 0.0148. The SMILES string of the molecule is CC(C)n1ncc2c(C(=O)Nc3ccc4c(c3)NC(=O)CO4)cc(-c3cccs3)nc21. The van der Waals surface area contributed by atoms with Crippen molar-refractivity contribution in [2.75, 3.05) is 17.2 Å². The summed E-state index contributed by atoms with van der Waals surface area (Å²) in [5.74, 6) is 0.0621. The van der Waals surface area contributed by atoms with Gasteiger partial charge in [0.15, 0.2) is 12.3 Å². The van der Waals surface area contributed by atoms with Crippen molar-refractivity contribution in [2.45, 2.75) is 19.9 Å². The molecular weight excluding hydrogens is 414 g/mol. The van der Waals surface area contributed by atoms with Crippen molar-refractivity contribution in [3.05, 3.63) is 53.5 Å². The van der Waals surface area contributed by atoms with Crippen LogP contribution < -0.4 is 15.4 Å². The molecule has 5 rings (SSSR count). The maximum Gasteiger partial charge on any atom is 0.262 e. The van der Waals surface area contributed by atoms with E-state index < -0.39 is 0 Å². The number of nitrogens with zero attached hydrogens (tertiary/aromatic N) is 3. The summed E-state index contributed by atoms with van der Waals surface area (Å²) in [5.41, 5.74) is 2.95. The van der Waals surface area contributed by atoms with Crippen LogP contribution in [-0.2, 0) is 4.79 Å². The van der Waals surface area contributed by atoms with E-state index in [0.29, 0.717) is 33.7 Å². The Labute approximate surface area is 181 Å². The smallest absolute Gasteiger partial charge is 0.262 e. The van der Waals surface area contributed by atoms with E-state index >= 15 is 0 Å².